The van der Waals surface area contributed by atoms with Crippen LogP contribution in [0.15, 0.2) is 28.8 Å². The molecule has 1 N–H and O–H groups in total. The molecule has 1 saturated heterocycles. The van der Waals surface area contributed by atoms with Crippen molar-refractivity contribution in [3.63, 3.8) is 0 Å². The summed E-state index contributed by atoms with van der Waals surface area (Å²) in [4.78, 5) is 19.2. The Morgan fingerprint density at radius 1 is 1.23 bits per heavy atom. The number of nitro benzene ring substituents is 1. The van der Waals surface area contributed by atoms with Gasteiger partial charge in [-0.1, -0.05) is 19.0 Å². The van der Waals surface area contributed by atoms with Crippen molar-refractivity contribution in [3.8, 4) is 11.4 Å². The minimum atomic E-state index is -0.442. The highest BCUT2D eigenvalue weighted by molar-refractivity contribution is 5.56. The SMILES string of the molecule is CC(C)CN(CCc1nc(-c2ccc([N+](=O)[O-])cc2)no1)C[C@H](O)CN1CCOCC1. The fourth-order valence-corrected chi connectivity index (χ4v) is 3.67. The predicted molar refractivity (Wildman–Crippen MR) is 115 cm³/mol. The lowest BCUT2D eigenvalue weighted by atomic mass is 10.2. The maximum atomic E-state index is 10.8. The van der Waals surface area contributed by atoms with Crippen molar-refractivity contribution in [2.45, 2.75) is 26.4 Å². The maximum absolute atomic E-state index is 10.8. The number of benzene rings is 1. The summed E-state index contributed by atoms with van der Waals surface area (Å²) in [7, 11) is 0. The van der Waals surface area contributed by atoms with E-state index in [4.69, 9.17) is 9.26 Å². The zero-order valence-electron chi connectivity index (χ0n) is 18.1. The number of hydrogen-bond acceptors (Lipinski definition) is 9. The molecule has 0 bridgehead atoms. The normalized spacial score (nSPS) is 16.2. The first-order chi connectivity index (χ1) is 14.9. The van der Waals surface area contributed by atoms with Crippen LogP contribution in [0.25, 0.3) is 11.4 Å². The first-order valence-electron chi connectivity index (χ1n) is 10.7. The van der Waals surface area contributed by atoms with Crippen LogP contribution in [0.4, 0.5) is 5.69 Å². The van der Waals surface area contributed by atoms with Gasteiger partial charge in [-0.2, -0.15) is 4.98 Å². The summed E-state index contributed by atoms with van der Waals surface area (Å²) in [6.07, 6.45) is 0.131. The lowest BCUT2D eigenvalue weighted by molar-refractivity contribution is -0.384. The molecular weight excluding hydrogens is 402 g/mol. The molecule has 10 heteroatoms. The monoisotopic (exact) mass is 433 g/mol. The fraction of sp³-hybridized carbons (Fsp3) is 0.619. The molecule has 170 valence electrons. The van der Waals surface area contributed by atoms with Crippen molar-refractivity contribution in [1.29, 1.82) is 0 Å². The molecule has 1 aromatic carbocycles. The Bertz CT molecular complexity index is 820. The van der Waals surface area contributed by atoms with Crippen LogP contribution in [0, 0.1) is 16.0 Å². The minimum Gasteiger partial charge on any atom is -0.390 e. The summed E-state index contributed by atoms with van der Waals surface area (Å²) in [5.41, 5.74) is 0.688. The summed E-state index contributed by atoms with van der Waals surface area (Å²) in [5.74, 6) is 1.38. The van der Waals surface area contributed by atoms with Gasteiger partial charge in [-0.05, 0) is 18.1 Å². The van der Waals surface area contributed by atoms with Gasteiger partial charge in [-0.15, -0.1) is 0 Å². The lowest BCUT2D eigenvalue weighted by Gasteiger charge is -2.31. The van der Waals surface area contributed by atoms with Crippen molar-refractivity contribution >= 4 is 5.69 Å². The summed E-state index contributed by atoms with van der Waals surface area (Å²) < 4.78 is 10.7. The van der Waals surface area contributed by atoms with E-state index >= 15 is 0 Å². The van der Waals surface area contributed by atoms with Gasteiger partial charge in [0, 0.05) is 63.4 Å². The highest BCUT2D eigenvalue weighted by Crippen LogP contribution is 2.20. The van der Waals surface area contributed by atoms with Crippen LogP contribution in [0.5, 0.6) is 0 Å². The van der Waals surface area contributed by atoms with Crippen LogP contribution in [0.3, 0.4) is 0 Å². The van der Waals surface area contributed by atoms with Crippen molar-refractivity contribution in [3.05, 3.63) is 40.3 Å². The number of rotatable bonds is 11. The summed E-state index contributed by atoms with van der Waals surface area (Å²) >= 11 is 0. The smallest absolute Gasteiger partial charge is 0.269 e. The Morgan fingerprint density at radius 3 is 2.58 bits per heavy atom. The zero-order chi connectivity index (χ0) is 22.2. The number of ether oxygens (including phenoxy) is 1. The van der Waals surface area contributed by atoms with Gasteiger partial charge in [0.1, 0.15) is 0 Å². The van der Waals surface area contributed by atoms with Crippen molar-refractivity contribution < 1.29 is 19.3 Å². The first-order valence-corrected chi connectivity index (χ1v) is 10.7. The van der Waals surface area contributed by atoms with E-state index in [9.17, 15) is 15.2 Å². The Balaban J connectivity index is 1.54. The van der Waals surface area contributed by atoms with Crippen molar-refractivity contribution in [1.82, 2.24) is 19.9 Å². The standard InChI is InChI=1S/C21H31N5O5/c1-16(2)13-25(15-19(27)14-24-9-11-30-12-10-24)8-7-20-22-21(23-31-20)17-3-5-18(6-4-17)26(28)29/h3-6,16,19,27H,7-15H2,1-2H3/t19-/m1/s1. The topological polar surface area (TPSA) is 118 Å². The van der Waals surface area contributed by atoms with Crippen LogP contribution in [0.1, 0.15) is 19.7 Å². The highest BCUT2D eigenvalue weighted by atomic mass is 16.6. The molecule has 0 amide bonds. The molecule has 1 aliphatic rings. The van der Waals surface area contributed by atoms with Gasteiger partial charge in [0.15, 0.2) is 0 Å². The number of aromatic nitrogens is 2. The van der Waals surface area contributed by atoms with E-state index in [0.29, 0.717) is 49.3 Å². The first kappa shape index (κ1) is 23.3. The molecule has 2 aromatic rings. The van der Waals surface area contributed by atoms with E-state index in [1.54, 1.807) is 12.1 Å². The number of morpholine rings is 1. The largest absolute Gasteiger partial charge is 0.390 e. The highest BCUT2D eigenvalue weighted by Gasteiger charge is 2.19. The second-order valence-corrected chi connectivity index (χ2v) is 8.29. The van der Waals surface area contributed by atoms with E-state index < -0.39 is 11.0 Å². The van der Waals surface area contributed by atoms with Gasteiger partial charge in [-0.25, -0.2) is 0 Å². The number of hydrogen-bond donors (Lipinski definition) is 1. The number of β-amino-alcohol motifs (C(OH)–C–C–N with tert-alkyl or cyclic N) is 1. The molecule has 31 heavy (non-hydrogen) atoms. The van der Waals surface area contributed by atoms with Crippen molar-refractivity contribution in [2.75, 3.05) is 52.5 Å². The summed E-state index contributed by atoms with van der Waals surface area (Å²) in [6.45, 7) is 10.2. The van der Waals surface area contributed by atoms with Crippen LogP contribution >= 0.6 is 0 Å². The number of nitrogens with zero attached hydrogens (tertiary/aromatic N) is 5. The Labute approximate surface area is 181 Å². The average Bonchev–Trinajstić information content (AvgIpc) is 3.21. The van der Waals surface area contributed by atoms with E-state index in [-0.39, 0.29) is 5.69 Å². The van der Waals surface area contributed by atoms with E-state index in [2.05, 4.69) is 33.8 Å². The van der Waals surface area contributed by atoms with Gasteiger partial charge in [0.05, 0.1) is 24.2 Å². The molecular formula is C21H31N5O5. The van der Waals surface area contributed by atoms with Gasteiger partial charge in [0.25, 0.3) is 5.69 Å². The second-order valence-electron chi connectivity index (χ2n) is 8.29. The minimum absolute atomic E-state index is 0.0208. The van der Waals surface area contributed by atoms with Gasteiger partial charge in [-0.3, -0.25) is 19.9 Å². The van der Waals surface area contributed by atoms with E-state index in [0.717, 1.165) is 32.8 Å². The maximum Gasteiger partial charge on any atom is 0.269 e. The van der Waals surface area contributed by atoms with Crippen LogP contribution in [-0.4, -0.2) is 88.6 Å². The molecule has 0 radical (unpaired) electrons. The Kier molecular flexibility index (Phi) is 8.47. The second kappa shape index (κ2) is 11.3. The summed E-state index contributed by atoms with van der Waals surface area (Å²) in [6, 6.07) is 6.07. The fourth-order valence-electron chi connectivity index (χ4n) is 3.67. The summed E-state index contributed by atoms with van der Waals surface area (Å²) in [5, 5.41) is 25.4. The molecule has 1 aliphatic heterocycles. The number of aliphatic hydroxyl groups is 1. The molecule has 0 unspecified atom stereocenters. The van der Waals surface area contributed by atoms with Crippen molar-refractivity contribution in [2.24, 2.45) is 5.92 Å². The number of nitro groups is 1. The lowest BCUT2D eigenvalue weighted by Crippen LogP contribution is -2.45. The molecule has 0 saturated carbocycles. The van der Waals surface area contributed by atoms with Gasteiger partial charge < -0.3 is 14.4 Å². The Hall–Kier alpha value is -2.40. The predicted octanol–water partition coefficient (Wildman–Crippen LogP) is 1.84. The third kappa shape index (κ3) is 7.35. The Morgan fingerprint density at radius 2 is 1.94 bits per heavy atom. The number of aliphatic hydroxyl groups excluding tert-OH is 1. The molecule has 10 nitrogen and oxygen atoms in total. The third-order valence-corrected chi connectivity index (χ3v) is 5.11. The van der Waals surface area contributed by atoms with E-state index in [1.807, 2.05) is 0 Å². The molecule has 0 spiro atoms. The molecule has 2 heterocycles. The van der Waals surface area contributed by atoms with Gasteiger partial charge in [0.2, 0.25) is 11.7 Å². The number of non-ortho nitro benzene ring substituents is 1. The van der Waals surface area contributed by atoms with Gasteiger partial charge >= 0.3 is 0 Å². The molecule has 1 atom stereocenters. The quantitative estimate of drug-likeness (QED) is 0.418. The average molecular weight is 434 g/mol. The molecule has 1 aromatic heterocycles. The molecule has 1 fully saturated rings. The third-order valence-electron chi connectivity index (χ3n) is 5.11. The van der Waals surface area contributed by atoms with Crippen LogP contribution < -0.4 is 0 Å². The molecule has 3 rings (SSSR count). The van der Waals surface area contributed by atoms with Crippen LogP contribution in [-0.2, 0) is 11.2 Å². The zero-order valence-corrected chi connectivity index (χ0v) is 18.1. The molecule has 0 aliphatic carbocycles. The van der Waals surface area contributed by atoms with E-state index in [1.165, 1.54) is 12.1 Å². The van der Waals surface area contributed by atoms with Crippen LogP contribution in [0.2, 0.25) is 0 Å².